The molecule has 0 aliphatic carbocycles. The molecule has 0 aliphatic rings. The number of carbonyl (C=O) groups is 2. The van der Waals surface area contributed by atoms with Gasteiger partial charge in [0, 0.05) is 12.3 Å². The number of rotatable bonds is 7. The molecule has 0 fully saturated rings. The van der Waals surface area contributed by atoms with Gasteiger partial charge in [-0.1, -0.05) is 0 Å². The molecule has 15 heavy (non-hydrogen) atoms. The van der Waals surface area contributed by atoms with Gasteiger partial charge in [0.25, 0.3) is 0 Å². The van der Waals surface area contributed by atoms with Crippen molar-refractivity contribution in [2.45, 2.75) is 0 Å². The van der Waals surface area contributed by atoms with Gasteiger partial charge < -0.3 is 19.9 Å². The largest absolute Gasteiger partial charge is 0.496 e. The number of ether oxygens (including phenoxy) is 2. The van der Waals surface area contributed by atoms with Crippen LogP contribution < -0.4 is 5.32 Å². The molecule has 0 saturated carbocycles. The summed E-state index contributed by atoms with van der Waals surface area (Å²) in [7, 11) is 1.28. The predicted octanol–water partition coefficient (Wildman–Crippen LogP) is -0.122. The number of hydrogen-bond donors (Lipinski definition) is 2. The fourth-order valence-corrected chi connectivity index (χ4v) is 0.566. The Morgan fingerprint density at radius 1 is 1.47 bits per heavy atom. The van der Waals surface area contributed by atoms with Crippen LogP contribution in [0.25, 0.3) is 0 Å². The smallest absolute Gasteiger partial charge is 0.330 e. The Bertz CT molecular complexity index is 259. The van der Waals surface area contributed by atoms with Gasteiger partial charge >= 0.3 is 11.9 Å². The first kappa shape index (κ1) is 13.0. The van der Waals surface area contributed by atoms with Crippen molar-refractivity contribution in [1.82, 2.24) is 5.32 Å². The molecule has 0 unspecified atom stereocenters. The third-order valence-electron chi connectivity index (χ3n) is 1.18. The van der Waals surface area contributed by atoms with Crippen molar-refractivity contribution in [2.75, 3.05) is 20.3 Å². The Morgan fingerprint density at radius 3 is 2.80 bits per heavy atom. The maximum absolute atomic E-state index is 10.6. The summed E-state index contributed by atoms with van der Waals surface area (Å²) < 4.78 is 9.22. The van der Waals surface area contributed by atoms with Crippen LogP contribution in [-0.2, 0) is 19.1 Å². The van der Waals surface area contributed by atoms with Crippen molar-refractivity contribution in [3.05, 3.63) is 24.6 Å². The molecule has 0 heterocycles. The van der Waals surface area contributed by atoms with Crippen LogP contribution in [0.1, 0.15) is 0 Å². The normalized spacial score (nSPS) is 10.5. The summed E-state index contributed by atoms with van der Waals surface area (Å²) in [6.07, 6.45) is 5.37. The second kappa shape index (κ2) is 8.61. The van der Waals surface area contributed by atoms with Gasteiger partial charge in [-0.25, -0.2) is 4.79 Å². The molecule has 0 aromatic heterocycles. The standard InChI is InChI=1S/C9H13NO5/c1-14-9(13)3-2-5-15-6-4-10-7-8(11)12/h2-4,6,10H,5,7H2,1H3,(H,11,12)/b3-2+,6-4?. The summed E-state index contributed by atoms with van der Waals surface area (Å²) in [5.41, 5.74) is 0. The van der Waals surface area contributed by atoms with E-state index < -0.39 is 11.9 Å². The number of esters is 1. The summed E-state index contributed by atoms with van der Waals surface area (Å²) in [5, 5.41) is 10.7. The minimum absolute atomic E-state index is 0.169. The number of aliphatic carboxylic acids is 1. The first-order chi connectivity index (χ1) is 7.16. The van der Waals surface area contributed by atoms with E-state index in [-0.39, 0.29) is 13.2 Å². The number of hydrogen-bond acceptors (Lipinski definition) is 5. The maximum Gasteiger partial charge on any atom is 0.330 e. The third kappa shape index (κ3) is 9.94. The van der Waals surface area contributed by atoms with Crippen LogP contribution in [-0.4, -0.2) is 37.3 Å². The number of nitrogens with one attached hydrogen (secondary N) is 1. The fourth-order valence-electron chi connectivity index (χ4n) is 0.566. The van der Waals surface area contributed by atoms with E-state index in [1.165, 1.54) is 31.7 Å². The van der Waals surface area contributed by atoms with Crippen LogP contribution >= 0.6 is 0 Å². The van der Waals surface area contributed by atoms with Crippen LogP contribution in [0.2, 0.25) is 0 Å². The molecule has 0 aliphatic heterocycles. The van der Waals surface area contributed by atoms with Gasteiger partial charge in [-0.2, -0.15) is 0 Å². The average Bonchev–Trinajstić information content (AvgIpc) is 2.21. The molecule has 0 rings (SSSR count). The lowest BCUT2D eigenvalue weighted by atomic mass is 10.5. The SMILES string of the molecule is COC(=O)/C=C/COC=CNCC(=O)O. The van der Waals surface area contributed by atoms with Crippen molar-refractivity contribution in [3.8, 4) is 0 Å². The molecule has 0 aromatic rings. The number of carboxylic acids is 1. The highest BCUT2D eigenvalue weighted by molar-refractivity contribution is 5.81. The molecule has 0 saturated heterocycles. The molecule has 84 valence electrons. The highest BCUT2D eigenvalue weighted by atomic mass is 16.5. The lowest BCUT2D eigenvalue weighted by Gasteiger charge is -1.95. The van der Waals surface area contributed by atoms with Gasteiger partial charge in [0.15, 0.2) is 0 Å². The van der Waals surface area contributed by atoms with Gasteiger partial charge in [0.1, 0.15) is 13.2 Å². The van der Waals surface area contributed by atoms with Crippen molar-refractivity contribution in [1.29, 1.82) is 0 Å². The Kier molecular flexibility index (Phi) is 7.47. The van der Waals surface area contributed by atoms with E-state index in [2.05, 4.69) is 10.1 Å². The topological polar surface area (TPSA) is 84.9 Å². The zero-order valence-corrected chi connectivity index (χ0v) is 8.30. The molecule has 0 amide bonds. The van der Waals surface area contributed by atoms with Gasteiger partial charge in [-0.05, 0) is 6.08 Å². The van der Waals surface area contributed by atoms with E-state index in [0.717, 1.165) is 0 Å². The second-order valence-electron chi connectivity index (χ2n) is 2.34. The van der Waals surface area contributed by atoms with Gasteiger partial charge in [-0.3, -0.25) is 4.79 Å². The average molecular weight is 215 g/mol. The number of carboxylic acid groups (broad SMARTS) is 1. The molecule has 0 spiro atoms. The second-order valence-corrected chi connectivity index (χ2v) is 2.34. The van der Waals surface area contributed by atoms with E-state index in [9.17, 15) is 9.59 Å². The Labute approximate surface area is 87.2 Å². The monoisotopic (exact) mass is 215 g/mol. The minimum Gasteiger partial charge on any atom is -0.496 e. The Morgan fingerprint density at radius 2 is 2.20 bits per heavy atom. The molecular weight excluding hydrogens is 202 g/mol. The van der Waals surface area contributed by atoms with Gasteiger partial charge in [0.2, 0.25) is 0 Å². The van der Waals surface area contributed by atoms with E-state index in [1.54, 1.807) is 0 Å². The van der Waals surface area contributed by atoms with E-state index in [4.69, 9.17) is 9.84 Å². The summed E-state index contributed by atoms with van der Waals surface area (Å²) in [5.74, 6) is -1.41. The van der Waals surface area contributed by atoms with E-state index in [0.29, 0.717) is 0 Å². The molecule has 6 nitrogen and oxygen atoms in total. The van der Waals surface area contributed by atoms with Crippen LogP contribution in [0.3, 0.4) is 0 Å². The lowest BCUT2D eigenvalue weighted by molar-refractivity contribution is -0.136. The zero-order valence-electron chi connectivity index (χ0n) is 8.30. The van der Waals surface area contributed by atoms with Crippen LogP contribution in [0.15, 0.2) is 24.6 Å². The van der Waals surface area contributed by atoms with Crippen molar-refractivity contribution in [3.63, 3.8) is 0 Å². The van der Waals surface area contributed by atoms with Crippen LogP contribution in [0.5, 0.6) is 0 Å². The number of carbonyl (C=O) groups excluding carboxylic acids is 1. The molecule has 0 radical (unpaired) electrons. The summed E-state index contributed by atoms with van der Waals surface area (Å²) in [6.45, 7) is 0.0399. The van der Waals surface area contributed by atoms with E-state index in [1.807, 2.05) is 0 Å². The molecule has 2 N–H and O–H groups in total. The molecule has 6 heteroatoms. The third-order valence-corrected chi connectivity index (χ3v) is 1.18. The van der Waals surface area contributed by atoms with Crippen molar-refractivity contribution in [2.24, 2.45) is 0 Å². The summed E-state index contributed by atoms with van der Waals surface area (Å²) in [6, 6.07) is 0. The van der Waals surface area contributed by atoms with Gasteiger partial charge in [-0.15, -0.1) is 0 Å². The molecule has 0 aromatic carbocycles. The summed E-state index contributed by atoms with van der Waals surface area (Å²) >= 11 is 0. The lowest BCUT2D eigenvalue weighted by Crippen LogP contribution is -2.16. The van der Waals surface area contributed by atoms with Crippen LogP contribution in [0.4, 0.5) is 0 Å². The Hall–Kier alpha value is -1.98. The molecular formula is C9H13NO5. The maximum atomic E-state index is 10.6. The van der Waals surface area contributed by atoms with E-state index >= 15 is 0 Å². The quantitative estimate of drug-likeness (QED) is 0.266. The molecule has 0 atom stereocenters. The molecule has 0 bridgehead atoms. The van der Waals surface area contributed by atoms with Gasteiger partial charge in [0.05, 0.1) is 13.4 Å². The fraction of sp³-hybridized carbons (Fsp3) is 0.333. The number of methoxy groups -OCH3 is 1. The minimum atomic E-state index is -0.953. The highest BCUT2D eigenvalue weighted by Gasteiger charge is 1.89. The first-order valence-corrected chi connectivity index (χ1v) is 4.13. The highest BCUT2D eigenvalue weighted by Crippen LogP contribution is 1.81. The van der Waals surface area contributed by atoms with Crippen LogP contribution in [0, 0.1) is 0 Å². The van der Waals surface area contributed by atoms with Crippen molar-refractivity contribution < 1.29 is 24.2 Å². The first-order valence-electron chi connectivity index (χ1n) is 4.13. The zero-order chi connectivity index (χ0) is 11.5. The Balaban J connectivity index is 3.41. The summed E-state index contributed by atoms with van der Waals surface area (Å²) in [4.78, 5) is 20.6. The van der Waals surface area contributed by atoms with Crippen molar-refractivity contribution >= 4 is 11.9 Å². The predicted molar refractivity (Wildman–Crippen MR) is 51.9 cm³/mol.